The van der Waals surface area contributed by atoms with E-state index in [4.69, 9.17) is 0 Å². The van der Waals surface area contributed by atoms with E-state index >= 15 is 0 Å². The SMILES string of the molecule is Cc1c2c(=O)n(-c3ccc(F)cc3)[nH]c2cc(=O)n1CCCN1CCCC1=O. The molecule has 1 N–H and O–H groups in total. The predicted octanol–water partition coefficient (Wildman–Crippen LogP) is 1.94. The predicted molar refractivity (Wildman–Crippen MR) is 103 cm³/mol. The van der Waals surface area contributed by atoms with Gasteiger partial charge in [0.2, 0.25) is 5.91 Å². The molecule has 28 heavy (non-hydrogen) atoms. The Morgan fingerprint density at radius 2 is 1.86 bits per heavy atom. The lowest BCUT2D eigenvalue weighted by Gasteiger charge is -2.16. The van der Waals surface area contributed by atoms with E-state index in [1.165, 1.54) is 35.0 Å². The third-order valence-electron chi connectivity index (χ3n) is 5.29. The van der Waals surface area contributed by atoms with E-state index in [1.807, 2.05) is 4.90 Å². The average Bonchev–Trinajstić information content (AvgIpc) is 3.22. The first-order valence-electron chi connectivity index (χ1n) is 9.34. The molecule has 1 aliphatic heterocycles. The first-order chi connectivity index (χ1) is 13.5. The van der Waals surface area contributed by atoms with Gasteiger partial charge in [-0.25, -0.2) is 9.07 Å². The van der Waals surface area contributed by atoms with Gasteiger partial charge in [-0.15, -0.1) is 0 Å². The Kier molecular flexibility index (Phi) is 4.62. The molecular formula is C20H21FN4O3. The monoisotopic (exact) mass is 384 g/mol. The number of benzene rings is 1. The smallest absolute Gasteiger partial charge is 0.280 e. The summed E-state index contributed by atoms with van der Waals surface area (Å²) in [6, 6.07) is 6.96. The maximum Gasteiger partial charge on any atom is 0.280 e. The molecule has 3 aromatic rings. The van der Waals surface area contributed by atoms with Crippen molar-refractivity contribution in [3.8, 4) is 5.69 Å². The van der Waals surface area contributed by atoms with Crippen LogP contribution in [0.5, 0.6) is 0 Å². The Bertz CT molecular complexity index is 1160. The van der Waals surface area contributed by atoms with Gasteiger partial charge >= 0.3 is 0 Å². The molecule has 1 saturated heterocycles. The highest BCUT2D eigenvalue weighted by molar-refractivity contribution is 5.80. The molecule has 1 aliphatic rings. The lowest BCUT2D eigenvalue weighted by molar-refractivity contribution is -0.127. The van der Waals surface area contributed by atoms with Crippen molar-refractivity contribution in [3.05, 3.63) is 62.6 Å². The maximum absolute atomic E-state index is 13.2. The van der Waals surface area contributed by atoms with Gasteiger partial charge in [0.25, 0.3) is 11.1 Å². The zero-order valence-electron chi connectivity index (χ0n) is 15.6. The lowest BCUT2D eigenvalue weighted by atomic mass is 10.2. The van der Waals surface area contributed by atoms with Gasteiger partial charge in [-0.05, 0) is 44.0 Å². The fourth-order valence-corrected chi connectivity index (χ4v) is 3.82. The topological polar surface area (TPSA) is 80.1 Å². The van der Waals surface area contributed by atoms with Crippen LogP contribution in [0.2, 0.25) is 0 Å². The van der Waals surface area contributed by atoms with E-state index in [9.17, 15) is 18.8 Å². The Hall–Kier alpha value is -3.16. The molecule has 0 aliphatic carbocycles. The van der Waals surface area contributed by atoms with Crippen molar-refractivity contribution in [2.45, 2.75) is 32.7 Å². The Balaban J connectivity index is 1.66. The number of likely N-dealkylation sites (tertiary alicyclic amines) is 1. The highest BCUT2D eigenvalue weighted by Crippen LogP contribution is 2.15. The number of nitrogens with one attached hydrogen (secondary N) is 1. The van der Waals surface area contributed by atoms with Crippen LogP contribution in [-0.2, 0) is 11.3 Å². The number of fused-ring (bicyclic) bond motifs is 1. The molecule has 0 saturated carbocycles. The number of hydrogen-bond donors (Lipinski definition) is 1. The van der Waals surface area contributed by atoms with Crippen LogP contribution in [-0.4, -0.2) is 38.2 Å². The van der Waals surface area contributed by atoms with Crippen molar-refractivity contribution in [1.29, 1.82) is 0 Å². The van der Waals surface area contributed by atoms with Crippen molar-refractivity contribution >= 4 is 16.8 Å². The summed E-state index contributed by atoms with van der Waals surface area (Å²) >= 11 is 0. The number of halogens is 1. The Labute approximate surface area is 160 Å². The number of nitrogens with zero attached hydrogens (tertiary/aromatic N) is 3. The standard InChI is InChI=1S/C20H21FN4O3/c1-13-19-16(22-25(20(19)28)15-7-5-14(21)6-8-15)12-18(27)24(13)11-3-10-23-9-2-4-17(23)26/h5-8,12,22H,2-4,9-11H2,1H3. The molecule has 0 unspecified atom stereocenters. The molecule has 1 amide bonds. The number of aromatic nitrogens is 3. The number of aromatic amines is 1. The van der Waals surface area contributed by atoms with Gasteiger partial charge < -0.3 is 9.47 Å². The summed E-state index contributed by atoms with van der Waals surface area (Å²) < 4.78 is 16.1. The summed E-state index contributed by atoms with van der Waals surface area (Å²) in [5.74, 6) is -0.229. The molecule has 1 aromatic carbocycles. The average molecular weight is 384 g/mol. The number of aryl methyl sites for hydroxylation is 1. The van der Waals surface area contributed by atoms with E-state index in [1.54, 1.807) is 11.5 Å². The summed E-state index contributed by atoms with van der Waals surface area (Å²) in [5, 5.41) is 3.36. The van der Waals surface area contributed by atoms with Gasteiger partial charge in [-0.3, -0.25) is 19.5 Å². The van der Waals surface area contributed by atoms with Gasteiger partial charge in [0, 0.05) is 37.8 Å². The second kappa shape index (κ2) is 7.10. The second-order valence-electron chi connectivity index (χ2n) is 7.07. The van der Waals surface area contributed by atoms with Gasteiger partial charge in [0.1, 0.15) is 5.82 Å². The number of H-pyrrole nitrogens is 1. The van der Waals surface area contributed by atoms with Crippen LogP contribution in [0.3, 0.4) is 0 Å². The largest absolute Gasteiger partial charge is 0.343 e. The first kappa shape index (κ1) is 18.2. The van der Waals surface area contributed by atoms with E-state index in [0.717, 1.165) is 13.0 Å². The van der Waals surface area contributed by atoms with Crippen LogP contribution in [0.4, 0.5) is 4.39 Å². The highest BCUT2D eigenvalue weighted by atomic mass is 19.1. The van der Waals surface area contributed by atoms with E-state index in [2.05, 4.69) is 5.10 Å². The van der Waals surface area contributed by atoms with Crippen molar-refractivity contribution in [2.24, 2.45) is 0 Å². The molecule has 7 nitrogen and oxygen atoms in total. The molecule has 0 radical (unpaired) electrons. The third-order valence-corrected chi connectivity index (χ3v) is 5.29. The summed E-state index contributed by atoms with van der Waals surface area (Å²) in [7, 11) is 0. The molecule has 146 valence electrons. The minimum atomic E-state index is -0.389. The van der Waals surface area contributed by atoms with Crippen LogP contribution < -0.4 is 11.1 Å². The van der Waals surface area contributed by atoms with Crippen LogP contribution >= 0.6 is 0 Å². The number of carbonyl (C=O) groups is 1. The van der Waals surface area contributed by atoms with Crippen LogP contribution in [0, 0.1) is 12.7 Å². The molecule has 2 aromatic heterocycles. The molecule has 8 heteroatoms. The quantitative estimate of drug-likeness (QED) is 0.730. The van der Waals surface area contributed by atoms with Gasteiger partial charge in [0.15, 0.2) is 0 Å². The van der Waals surface area contributed by atoms with Gasteiger partial charge in [0.05, 0.1) is 16.6 Å². The second-order valence-corrected chi connectivity index (χ2v) is 7.07. The molecule has 0 atom stereocenters. The number of pyridine rings is 1. The first-order valence-corrected chi connectivity index (χ1v) is 9.34. The number of hydrogen-bond acceptors (Lipinski definition) is 3. The fourth-order valence-electron chi connectivity index (χ4n) is 3.82. The minimum Gasteiger partial charge on any atom is -0.343 e. The minimum absolute atomic E-state index is 0.160. The van der Waals surface area contributed by atoms with Gasteiger partial charge in [-0.1, -0.05) is 0 Å². The van der Waals surface area contributed by atoms with Crippen molar-refractivity contribution in [2.75, 3.05) is 13.1 Å². The van der Waals surface area contributed by atoms with Crippen molar-refractivity contribution < 1.29 is 9.18 Å². The van der Waals surface area contributed by atoms with E-state index < -0.39 is 0 Å². The fraction of sp³-hybridized carbons (Fsp3) is 0.350. The van der Waals surface area contributed by atoms with Crippen LogP contribution in [0.1, 0.15) is 25.0 Å². The molecule has 0 spiro atoms. The number of carbonyl (C=O) groups excluding carboxylic acids is 1. The Morgan fingerprint density at radius 3 is 2.54 bits per heavy atom. The molecular weight excluding hydrogens is 363 g/mol. The normalized spacial score (nSPS) is 14.4. The molecule has 0 bridgehead atoms. The third kappa shape index (κ3) is 3.15. The Morgan fingerprint density at radius 1 is 1.11 bits per heavy atom. The summed E-state index contributed by atoms with van der Waals surface area (Å²) in [5.41, 5.74) is 1.03. The van der Waals surface area contributed by atoms with E-state index in [-0.39, 0.29) is 22.8 Å². The van der Waals surface area contributed by atoms with Crippen molar-refractivity contribution in [3.63, 3.8) is 0 Å². The lowest BCUT2D eigenvalue weighted by Crippen LogP contribution is -2.29. The molecule has 3 heterocycles. The van der Waals surface area contributed by atoms with E-state index in [0.29, 0.717) is 48.2 Å². The highest BCUT2D eigenvalue weighted by Gasteiger charge is 2.20. The molecule has 4 rings (SSSR count). The van der Waals surface area contributed by atoms with Crippen LogP contribution in [0.25, 0.3) is 16.6 Å². The summed E-state index contributed by atoms with van der Waals surface area (Å²) in [4.78, 5) is 39.0. The van der Waals surface area contributed by atoms with Crippen molar-refractivity contribution in [1.82, 2.24) is 19.2 Å². The summed E-state index contributed by atoms with van der Waals surface area (Å²) in [6.45, 7) is 3.56. The maximum atomic E-state index is 13.2. The summed E-state index contributed by atoms with van der Waals surface area (Å²) in [6.07, 6.45) is 2.13. The zero-order chi connectivity index (χ0) is 19.8. The number of rotatable bonds is 5. The van der Waals surface area contributed by atoms with Gasteiger partial charge in [-0.2, -0.15) is 0 Å². The van der Waals surface area contributed by atoms with Crippen LogP contribution in [0.15, 0.2) is 39.9 Å². The molecule has 1 fully saturated rings. The number of amides is 1. The zero-order valence-corrected chi connectivity index (χ0v) is 15.6.